The van der Waals surface area contributed by atoms with Crippen molar-refractivity contribution in [3.05, 3.63) is 255 Å². The van der Waals surface area contributed by atoms with Crippen LogP contribution in [0.4, 0.5) is 0 Å². The minimum atomic E-state index is 0.574. The van der Waals surface area contributed by atoms with Crippen molar-refractivity contribution in [1.82, 2.24) is 19.5 Å². The van der Waals surface area contributed by atoms with Gasteiger partial charge >= 0.3 is 0 Å². The predicted molar refractivity (Wildman–Crippen MR) is 307 cm³/mol. The largest absolute Gasteiger partial charge is 0.455 e. The molecule has 4 heterocycles. The molecule has 0 radical (unpaired) electrons. The van der Waals surface area contributed by atoms with E-state index < -0.39 is 0 Å². The van der Waals surface area contributed by atoms with Crippen LogP contribution in [-0.2, 0) is 0 Å². The first-order valence-electron chi connectivity index (χ1n) is 25.2. The van der Waals surface area contributed by atoms with E-state index in [1.54, 1.807) is 0 Å². The van der Waals surface area contributed by atoms with Crippen LogP contribution in [0.5, 0.6) is 0 Å². The molecule has 6 heteroatoms. The highest BCUT2D eigenvalue weighted by Gasteiger charge is 2.23. The first-order valence-corrected chi connectivity index (χ1v) is 25.2. The molecule has 6 nitrogen and oxygen atoms in total. The Morgan fingerprint density at radius 1 is 0.267 bits per heavy atom. The SMILES string of the molecule is c1ccc(-c2ccc(-c3nc(-c4ccccc4)nc(-c4cccc5oc6c(-c7cccc(-c8cc(-n9c%10ccccc%10c%10cc(-c%11ccccc%11)ccc%109)c9oc%10ccccc%10c9c8)c7)cccc6c45)n3)cc2)cc1. The normalized spacial score (nSPS) is 11.7. The lowest BCUT2D eigenvalue weighted by Crippen LogP contribution is -2.00. The van der Waals surface area contributed by atoms with Crippen LogP contribution in [-0.4, -0.2) is 19.5 Å². The monoisotopic (exact) mass is 958 g/mol. The Labute approximate surface area is 431 Å². The Morgan fingerprint density at radius 3 is 1.55 bits per heavy atom. The molecule has 4 aromatic heterocycles. The molecule has 0 atom stereocenters. The van der Waals surface area contributed by atoms with Crippen molar-refractivity contribution in [2.75, 3.05) is 0 Å². The second-order valence-corrected chi connectivity index (χ2v) is 19.1. The van der Waals surface area contributed by atoms with Crippen LogP contribution in [0, 0.1) is 0 Å². The van der Waals surface area contributed by atoms with E-state index in [2.05, 4.69) is 205 Å². The Kier molecular flexibility index (Phi) is 9.78. The number of aromatic nitrogens is 4. The summed E-state index contributed by atoms with van der Waals surface area (Å²) in [7, 11) is 0. The third kappa shape index (κ3) is 7.14. The zero-order valence-electron chi connectivity index (χ0n) is 40.4. The molecular formula is C69H42N4O2. The van der Waals surface area contributed by atoms with Crippen LogP contribution in [0.3, 0.4) is 0 Å². The molecule has 15 rings (SSSR count). The second-order valence-electron chi connectivity index (χ2n) is 19.1. The lowest BCUT2D eigenvalue weighted by Gasteiger charge is -2.13. The van der Waals surface area contributed by atoms with E-state index in [-0.39, 0.29) is 0 Å². The van der Waals surface area contributed by atoms with Crippen molar-refractivity contribution in [2.24, 2.45) is 0 Å². The van der Waals surface area contributed by atoms with E-state index in [0.29, 0.717) is 17.5 Å². The fraction of sp³-hybridized carbons (Fsp3) is 0. The van der Waals surface area contributed by atoms with Gasteiger partial charge in [0.15, 0.2) is 23.1 Å². The number of rotatable bonds is 8. The predicted octanol–water partition coefficient (Wildman–Crippen LogP) is 18.4. The fourth-order valence-corrected chi connectivity index (χ4v) is 11.1. The summed E-state index contributed by atoms with van der Waals surface area (Å²) in [5.41, 5.74) is 18.0. The molecule has 11 aromatic carbocycles. The van der Waals surface area contributed by atoms with Crippen LogP contribution in [0.1, 0.15) is 0 Å². The van der Waals surface area contributed by atoms with Crippen molar-refractivity contribution < 1.29 is 8.83 Å². The van der Waals surface area contributed by atoms with Crippen molar-refractivity contribution in [3.8, 4) is 84.4 Å². The number of hydrogen-bond donors (Lipinski definition) is 0. The van der Waals surface area contributed by atoms with E-state index >= 15 is 0 Å². The van der Waals surface area contributed by atoms with Gasteiger partial charge in [-0.15, -0.1) is 0 Å². The van der Waals surface area contributed by atoms with Gasteiger partial charge in [-0.2, -0.15) is 0 Å². The molecule has 75 heavy (non-hydrogen) atoms. The Bertz CT molecular complexity index is 4690. The number of fused-ring (bicyclic) bond motifs is 9. The zero-order valence-corrected chi connectivity index (χ0v) is 40.4. The number of benzene rings is 11. The number of hydrogen-bond acceptors (Lipinski definition) is 5. The van der Waals surface area contributed by atoms with E-state index in [1.807, 2.05) is 54.6 Å². The smallest absolute Gasteiger partial charge is 0.164 e. The van der Waals surface area contributed by atoms with E-state index in [4.69, 9.17) is 23.8 Å². The van der Waals surface area contributed by atoms with Gasteiger partial charge in [-0.05, 0) is 87.5 Å². The summed E-state index contributed by atoms with van der Waals surface area (Å²) in [5.74, 6) is 1.77. The highest BCUT2D eigenvalue weighted by molar-refractivity contribution is 6.16. The fourth-order valence-electron chi connectivity index (χ4n) is 11.1. The van der Waals surface area contributed by atoms with Crippen molar-refractivity contribution in [2.45, 2.75) is 0 Å². The second kappa shape index (κ2) is 17.3. The van der Waals surface area contributed by atoms with Gasteiger partial charge in [-0.25, -0.2) is 15.0 Å². The molecule has 0 aliphatic carbocycles. The number of para-hydroxylation sites is 3. The standard InChI is InChI=1S/C69H42N4O2/c1-4-17-43(18-5-1)45-33-35-47(36-34-45)68-70-67(46-21-8-3-9-22-46)71-69(72-68)56-29-16-32-63-64(56)55-28-15-27-52(65(55)75-63)50-24-14-23-48(39-50)51-41-58-54-26-11-13-31-62(54)74-66(58)61(42-51)73-59-30-12-10-25-53(59)57-40-49(37-38-60(57)73)44-19-6-2-7-20-44/h1-42H. The highest BCUT2D eigenvalue weighted by atomic mass is 16.3. The van der Waals surface area contributed by atoms with Crippen LogP contribution < -0.4 is 0 Å². The molecule has 0 amide bonds. The lowest BCUT2D eigenvalue weighted by molar-refractivity contribution is 0.666. The van der Waals surface area contributed by atoms with Crippen molar-refractivity contribution in [3.63, 3.8) is 0 Å². The molecule has 0 unspecified atom stereocenters. The zero-order chi connectivity index (χ0) is 49.4. The molecule has 0 spiro atoms. The average Bonchev–Trinajstić information content (AvgIpc) is 4.23. The summed E-state index contributed by atoms with van der Waals surface area (Å²) in [5, 5.41) is 6.43. The quantitative estimate of drug-likeness (QED) is 0.152. The molecule has 0 bridgehead atoms. The molecule has 350 valence electrons. The van der Waals surface area contributed by atoms with E-state index in [0.717, 1.165) is 111 Å². The molecule has 0 aliphatic rings. The van der Waals surface area contributed by atoms with Gasteiger partial charge in [-0.1, -0.05) is 206 Å². The van der Waals surface area contributed by atoms with Crippen molar-refractivity contribution in [1.29, 1.82) is 0 Å². The Balaban J connectivity index is 0.873. The summed E-state index contributed by atoms with van der Waals surface area (Å²) < 4.78 is 16.1. The van der Waals surface area contributed by atoms with Gasteiger partial charge in [0.05, 0.1) is 16.7 Å². The van der Waals surface area contributed by atoms with Crippen LogP contribution in [0.2, 0.25) is 0 Å². The van der Waals surface area contributed by atoms with Gasteiger partial charge in [-0.3, -0.25) is 0 Å². The minimum Gasteiger partial charge on any atom is -0.455 e. The van der Waals surface area contributed by atoms with Crippen LogP contribution in [0.15, 0.2) is 264 Å². The third-order valence-corrected chi connectivity index (χ3v) is 14.7. The highest BCUT2D eigenvalue weighted by Crippen LogP contribution is 2.44. The molecule has 0 saturated carbocycles. The van der Waals surface area contributed by atoms with Gasteiger partial charge < -0.3 is 13.4 Å². The summed E-state index contributed by atoms with van der Waals surface area (Å²) in [6.45, 7) is 0. The van der Waals surface area contributed by atoms with Crippen LogP contribution in [0.25, 0.3) is 150 Å². The molecule has 0 saturated heterocycles. The van der Waals surface area contributed by atoms with E-state index in [1.165, 1.54) is 21.9 Å². The summed E-state index contributed by atoms with van der Waals surface area (Å²) >= 11 is 0. The average molecular weight is 959 g/mol. The molecular weight excluding hydrogens is 917 g/mol. The van der Waals surface area contributed by atoms with Crippen LogP contribution >= 0.6 is 0 Å². The Morgan fingerprint density at radius 2 is 0.760 bits per heavy atom. The van der Waals surface area contributed by atoms with Gasteiger partial charge in [0.25, 0.3) is 0 Å². The molecule has 0 N–H and O–H groups in total. The van der Waals surface area contributed by atoms with E-state index in [9.17, 15) is 0 Å². The third-order valence-electron chi connectivity index (χ3n) is 14.7. The summed E-state index contributed by atoms with van der Waals surface area (Å²) in [6.07, 6.45) is 0. The number of nitrogens with zero attached hydrogens (tertiary/aromatic N) is 4. The number of furan rings is 2. The molecule has 15 aromatic rings. The summed E-state index contributed by atoms with van der Waals surface area (Å²) in [6, 6.07) is 89.3. The molecule has 0 fully saturated rings. The maximum atomic E-state index is 6.93. The minimum absolute atomic E-state index is 0.574. The Hall–Kier alpha value is -10.2. The van der Waals surface area contributed by atoms with Crippen molar-refractivity contribution >= 4 is 65.7 Å². The maximum absolute atomic E-state index is 6.93. The van der Waals surface area contributed by atoms with Gasteiger partial charge in [0.1, 0.15) is 16.7 Å². The topological polar surface area (TPSA) is 69.9 Å². The van der Waals surface area contributed by atoms with Gasteiger partial charge in [0, 0.05) is 54.6 Å². The summed E-state index contributed by atoms with van der Waals surface area (Å²) in [4.78, 5) is 15.4. The first kappa shape index (κ1) is 42.5. The lowest BCUT2D eigenvalue weighted by atomic mass is 9.96. The maximum Gasteiger partial charge on any atom is 0.164 e. The first-order chi connectivity index (χ1) is 37.2. The molecule has 0 aliphatic heterocycles. The van der Waals surface area contributed by atoms with Gasteiger partial charge in [0.2, 0.25) is 0 Å².